The van der Waals surface area contributed by atoms with Crippen molar-refractivity contribution in [3.63, 3.8) is 0 Å². The summed E-state index contributed by atoms with van der Waals surface area (Å²) in [5, 5.41) is 4.44. The lowest BCUT2D eigenvalue weighted by Crippen LogP contribution is -2.15. The molecule has 1 saturated heterocycles. The quantitative estimate of drug-likeness (QED) is 0.813. The molecule has 0 N–H and O–H groups in total. The molecule has 0 bridgehead atoms. The Balaban J connectivity index is 2.26. The largest absolute Gasteiger partial charge is 0.379 e. The first-order valence-electron chi connectivity index (χ1n) is 6.80. The SMILES string of the molecule is CCn1nc(C)c2nc(C(C)Cl)n(C3CCOC3)c21. The number of ether oxygens (including phenoxy) is 1. The zero-order valence-corrected chi connectivity index (χ0v) is 12.3. The highest BCUT2D eigenvalue weighted by Gasteiger charge is 2.28. The van der Waals surface area contributed by atoms with Crippen molar-refractivity contribution in [3.8, 4) is 0 Å². The van der Waals surface area contributed by atoms with Crippen molar-refractivity contribution in [1.82, 2.24) is 19.3 Å². The van der Waals surface area contributed by atoms with Crippen LogP contribution in [-0.4, -0.2) is 32.5 Å². The van der Waals surface area contributed by atoms with Crippen molar-refractivity contribution >= 4 is 22.8 Å². The van der Waals surface area contributed by atoms with Crippen LogP contribution in [0.15, 0.2) is 0 Å². The molecule has 0 aromatic carbocycles. The molecule has 1 fully saturated rings. The van der Waals surface area contributed by atoms with Crippen molar-refractivity contribution < 1.29 is 4.74 Å². The van der Waals surface area contributed by atoms with E-state index in [1.807, 2.05) is 18.5 Å². The Bertz CT molecular complexity index is 595. The molecule has 3 rings (SSSR count). The number of fused-ring (bicyclic) bond motifs is 1. The average molecular weight is 283 g/mol. The van der Waals surface area contributed by atoms with E-state index in [-0.39, 0.29) is 5.38 Å². The van der Waals surface area contributed by atoms with Gasteiger partial charge in [0.1, 0.15) is 11.3 Å². The van der Waals surface area contributed by atoms with Crippen LogP contribution in [0.3, 0.4) is 0 Å². The zero-order valence-electron chi connectivity index (χ0n) is 11.6. The van der Waals surface area contributed by atoms with Gasteiger partial charge in [0.15, 0.2) is 5.65 Å². The number of hydrogen-bond acceptors (Lipinski definition) is 3. The monoisotopic (exact) mass is 282 g/mol. The second-order valence-corrected chi connectivity index (χ2v) is 5.70. The first kappa shape index (κ1) is 12.9. The van der Waals surface area contributed by atoms with Crippen molar-refractivity contribution in [3.05, 3.63) is 11.5 Å². The number of halogens is 1. The number of nitrogens with zero attached hydrogens (tertiary/aromatic N) is 4. The van der Waals surface area contributed by atoms with E-state index in [0.717, 1.165) is 48.9 Å². The molecule has 0 spiro atoms. The van der Waals surface area contributed by atoms with Crippen LogP contribution in [-0.2, 0) is 11.3 Å². The van der Waals surface area contributed by atoms with E-state index in [0.29, 0.717) is 6.04 Å². The van der Waals surface area contributed by atoms with E-state index in [1.165, 1.54) is 0 Å². The second kappa shape index (κ2) is 4.80. The normalized spacial score (nSPS) is 21.4. The molecule has 0 radical (unpaired) electrons. The molecule has 2 atom stereocenters. The number of hydrogen-bond donors (Lipinski definition) is 0. The van der Waals surface area contributed by atoms with Crippen molar-refractivity contribution in [1.29, 1.82) is 0 Å². The summed E-state index contributed by atoms with van der Waals surface area (Å²) >= 11 is 6.31. The molecule has 0 amide bonds. The van der Waals surface area contributed by atoms with Crippen LogP contribution in [0.5, 0.6) is 0 Å². The predicted molar refractivity (Wildman–Crippen MR) is 74.7 cm³/mol. The van der Waals surface area contributed by atoms with Gasteiger partial charge in [0, 0.05) is 13.2 Å². The summed E-state index contributed by atoms with van der Waals surface area (Å²) in [4.78, 5) is 4.72. The van der Waals surface area contributed by atoms with Gasteiger partial charge in [-0.1, -0.05) is 0 Å². The molecule has 2 unspecified atom stereocenters. The molecule has 2 aromatic heterocycles. The average Bonchev–Trinajstić information content (AvgIpc) is 3.05. The number of rotatable bonds is 3. The third-order valence-electron chi connectivity index (χ3n) is 3.70. The van der Waals surface area contributed by atoms with E-state index in [1.54, 1.807) is 0 Å². The molecule has 0 saturated carbocycles. The standard InChI is InChI=1S/C13H19ClN4O/c1-4-17-13-11(9(3)16-17)15-12(8(2)14)18(13)10-5-6-19-7-10/h8,10H,4-7H2,1-3H3. The molecule has 6 heteroatoms. The minimum atomic E-state index is -0.113. The Morgan fingerprint density at radius 3 is 2.89 bits per heavy atom. The second-order valence-electron chi connectivity index (χ2n) is 5.05. The smallest absolute Gasteiger partial charge is 0.159 e. The molecule has 1 aliphatic rings. The van der Waals surface area contributed by atoms with Gasteiger partial charge in [-0.05, 0) is 27.2 Å². The fraction of sp³-hybridized carbons (Fsp3) is 0.692. The van der Waals surface area contributed by atoms with Gasteiger partial charge in [-0.25, -0.2) is 9.67 Å². The highest BCUT2D eigenvalue weighted by molar-refractivity contribution is 6.20. The molecule has 1 aliphatic heterocycles. The summed E-state index contributed by atoms with van der Waals surface area (Å²) < 4.78 is 9.78. The lowest BCUT2D eigenvalue weighted by atomic mass is 10.2. The number of aromatic nitrogens is 4. The summed E-state index contributed by atoms with van der Waals surface area (Å²) in [6.45, 7) is 8.43. The first-order valence-corrected chi connectivity index (χ1v) is 7.24. The zero-order chi connectivity index (χ0) is 13.6. The lowest BCUT2D eigenvalue weighted by molar-refractivity contribution is 0.186. The third kappa shape index (κ3) is 1.96. The summed E-state index contributed by atoms with van der Waals surface area (Å²) in [6.07, 6.45) is 1.01. The Kier molecular flexibility index (Phi) is 3.27. The summed E-state index contributed by atoms with van der Waals surface area (Å²) in [7, 11) is 0. The van der Waals surface area contributed by atoms with Gasteiger partial charge in [-0.3, -0.25) is 0 Å². The van der Waals surface area contributed by atoms with Crippen LogP contribution >= 0.6 is 11.6 Å². The summed E-state index contributed by atoms with van der Waals surface area (Å²) in [6, 6.07) is 0.322. The molecule has 0 aliphatic carbocycles. The van der Waals surface area contributed by atoms with E-state index in [2.05, 4.69) is 16.6 Å². The number of alkyl halides is 1. The van der Waals surface area contributed by atoms with Crippen LogP contribution < -0.4 is 0 Å². The van der Waals surface area contributed by atoms with Gasteiger partial charge in [0.25, 0.3) is 0 Å². The predicted octanol–water partition coefficient (Wildman–Crippen LogP) is 2.82. The van der Waals surface area contributed by atoms with Gasteiger partial charge in [0.05, 0.1) is 23.7 Å². The first-order chi connectivity index (χ1) is 9.13. The number of imidazole rings is 1. The minimum absolute atomic E-state index is 0.113. The van der Waals surface area contributed by atoms with Gasteiger partial charge in [-0.15, -0.1) is 11.6 Å². The van der Waals surface area contributed by atoms with Crippen LogP contribution in [0.25, 0.3) is 11.2 Å². The third-order valence-corrected chi connectivity index (χ3v) is 3.89. The van der Waals surface area contributed by atoms with E-state index < -0.39 is 0 Å². The molecular formula is C13H19ClN4O. The maximum Gasteiger partial charge on any atom is 0.159 e. The lowest BCUT2D eigenvalue weighted by Gasteiger charge is -2.16. The Hall–Kier alpha value is -1.07. The van der Waals surface area contributed by atoms with Gasteiger partial charge in [-0.2, -0.15) is 5.10 Å². The van der Waals surface area contributed by atoms with Crippen molar-refractivity contribution in [2.45, 2.75) is 45.2 Å². The van der Waals surface area contributed by atoms with E-state index in [4.69, 9.17) is 21.3 Å². The molecule has 19 heavy (non-hydrogen) atoms. The van der Waals surface area contributed by atoms with Crippen LogP contribution in [0.2, 0.25) is 0 Å². The maximum atomic E-state index is 6.31. The van der Waals surface area contributed by atoms with E-state index >= 15 is 0 Å². The highest BCUT2D eigenvalue weighted by atomic mass is 35.5. The Labute approximate surface area is 117 Å². The van der Waals surface area contributed by atoms with Gasteiger partial charge >= 0.3 is 0 Å². The van der Waals surface area contributed by atoms with Crippen LogP contribution in [0.4, 0.5) is 0 Å². The van der Waals surface area contributed by atoms with Crippen LogP contribution in [0, 0.1) is 6.92 Å². The maximum absolute atomic E-state index is 6.31. The fourth-order valence-corrected chi connectivity index (χ4v) is 2.95. The molecule has 3 heterocycles. The van der Waals surface area contributed by atoms with Crippen LogP contribution in [0.1, 0.15) is 43.2 Å². The van der Waals surface area contributed by atoms with E-state index in [9.17, 15) is 0 Å². The van der Waals surface area contributed by atoms with Crippen molar-refractivity contribution in [2.24, 2.45) is 0 Å². The molecular weight excluding hydrogens is 264 g/mol. The summed E-state index contributed by atoms with van der Waals surface area (Å²) in [5.41, 5.74) is 3.02. The Morgan fingerprint density at radius 2 is 2.32 bits per heavy atom. The van der Waals surface area contributed by atoms with Crippen molar-refractivity contribution in [2.75, 3.05) is 13.2 Å². The Morgan fingerprint density at radius 1 is 1.53 bits per heavy atom. The molecule has 2 aromatic rings. The van der Waals surface area contributed by atoms with Gasteiger partial charge < -0.3 is 9.30 Å². The molecule has 104 valence electrons. The fourth-order valence-electron chi connectivity index (χ4n) is 2.79. The summed E-state index contributed by atoms with van der Waals surface area (Å²) in [5.74, 6) is 0.926. The minimum Gasteiger partial charge on any atom is -0.379 e. The molecule has 5 nitrogen and oxygen atoms in total. The van der Waals surface area contributed by atoms with Gasteiger partial charge in [0.2, 0.25) is 0 Å². The number of aryl methyl sites for hydroxylation is 2. The topological polar surface area (TPSA) is 44.9 Å². The highest BCUT2D eigenvalue weighted by Crippen LogP contribution is 2.32.